The predicted molar refractivity (Wildman–Crippen MR) is 103 cm³/mol. The summed E-state index contributed by atoms with van der Waals surface area (Å²) in [6.45, 7) is 1.15. The molecule has 0 N–H and O–H groups in total. The lowest BCUT2D eigenvalue weighted by Crippen LogP contribution is -2.43. The Hall–Kier alpha value is -1.90. The first-order chi connectivity index (χ1) is 12.8. The van der Waals surface area contributed by atoms with E-state index in [1.807, 2.05) is 13.1 Å². The third-order valence-electron chi connectivity index (χ3n) is 4.95. The molecule has 0 atom stereocenters. The number of sulfonamides is 1. The summed E-state index contributed by atoms with van der Waals surface area (Å²) in [5.74, 6) is -0.125. The van der Waals surface area contributed by atoms with Crippen LogP contribution in [0.25, 0.3) is 0 Å². The van der Waals surface area contributed by atoms with Gasteiger partial charge in [-0.15, -0.1) is 0 Å². The fourth-order valence-electron chi connectivity index (χ4n) is 3.29. The van der Waals surface area contributed by atoms with Gasteiger partial charge in [0.15, 0.2) is 0 Å². The number of amides is 1. The van der Waals surface area contributed by atoms with Crippen molar-refractivity contribution in [2.24, 2.45) is 13.0 Å². The average Bonchev–Trinajstić information content (AvgIpc) is 3.06. The largest absolute Gasteiger partial charge is 0.340 e. The van der Waals surface area contributed by atoms with Crippen molar-refractivity contribution in [3.8, 4) is 0 Å². The third kappa shape index (κ3) is 4.34. The highest BCUT2D eigenvalue weighted by Crippen LogP contribution is 2.26. The molecule has 0 saturated carbocycles. The van der Waals surface area contributed by atoms with Crippen molar-refractivity contribution >= 4 is 27.5 Å². The number of benzene rings is 1. The minimum Gasteiger partial charge on any atom is -0.340 e. The molecular formula is C18H23ClN4O3S. The molecule has 2 heterocycles. The summed E-state index contributed by atoms with van der Waals surface area (Å²) in [6, 6.07) is 8.04. The summed E-state index contributed by atoms with van der Waals surface area (Å²) >= 11 is 5.84. The van der Waals surface area contributed by atoms with Gasteiger partial charge < -0.3 is 4.90 Å². The van der Waals surface area contributed by atoms with Crippen molar-refractivity contribution in [3.63, 3.8) is 0 Å². The Kier molecular flexibility index (Phi) is 5.88. The molecule has 0 bridgehead atoms. The molecule has 0 unspecified atom stereocenters. The van der Waals surface area contributed by atoms with Crippen molar-refractivity contribution in [2.75, 3.05) is 20.1 Å². The molecule has 2 aromatic rings. The number of nitrogens with zero attached hydrogens (tertiary/aromatic N) is 4. The second-order valence-electron chi connectivity index (χ2n) is 6.77. The Morgan fingerprint density at radius 2 is 1.85 bits per heavy atom. The molecule has 3 rings (SSSR count). The maximum Gasteiger partial charge on any atom is 0.243 e. The molecule has 1 aromatic heterocycles. The first-order valence-electron chi connectivity index (χ1n) is 8.76. The second-order valence-corrected chi connectivity index (χ2v) is 9.15. The second kappa shape index (κ2) is 8.00. The van der Waals surface area contributed by atoms with Crippen LogP contribution in [0, 0.1) is 5.92 Å². The van der Waals surface area contributed by atoms with Gasteiger partial charge in [-0.05, 0) is 43.2 Å². The molecule has 146 valence electrons. The van der Waals surface area contributed by atoms with Gasteiger partial charge in [0, 0.05) is 44.3 Å². The van der Waals surface area contributed by atoms with Crippen LogP contribution in [0.1, 0.15) is 18.5 Å². The molecule has 1 saturated heterocycles. The van der Waals surface area contributed by atoms with Gasteiger partial charge in [0.25, 0.3) is 0 Å². The summed E-state index contributed by atoms with van der Waals surface area (Å²) in [5, 5.41) is 4.60. The minimum atomic E-state index is -3.56. The maximum absolute atomic E-state index is 12.7. The summed E-state index contributed by atoms with van der Waals surface area (Å²) in [5.41, 5.74) is 0.952. The van der Waals surface area contributed by atoms with Crippen molar-refractivity contribution < 1.29 is 13.2 Å². The molecule has 1 aromatic carbocycles. The molecule has 1 aliphatic heterocycles. The van der Waals surface area contributed by atoms with Gasteiger partial charge in [0.05, 0.1) is 17.1 Å². The molecule has 7 nitrogen and oxygen atoms in total. The Morgan fingerprint density at radius 1 is 1.22 bits per heavy atom. The van der Waals surface area contributed by atoms with Crippen molar-refractivity contribution in [1.82, 2.24) is 19.0 Å². The zero-order chi connectivity index (χ0) is 19.6. The zero-order valence-electron chi connectivity index (χ0n) is 15.4. The van der Waals surface area contributed by atoms with Crippen molar-refractivity contribution in [3.05, 3.63) is 47.2 Å². The van der Waals surface area contributed by atoms with E-state index in [0.29, 0.717) is 37.5 Å². The number of piperidine rings is 1. The summed E-state index contributed by atoms with van der Waals surface area (Å²) in [7, 11) is 0.0544. The molecule has 1 aliphatic rings. The third-order valence-corrected chi connectivity index (χ3v) is 7.12. The monoisotopic (exact) mass is 410 g/mol. The molecule has 0 radical (unpaired) electrons. The number of hydrogen-bond acceptors (Lipinski definition) is 4. The number of hydrogen-bond donors (Lipinski definition) is 0. The number of carbonyl (C=O) groups is 1. The van der Waals surface area contributed by atoms with Gasteiger partial charge in [-0.1, -0.05) is 11.6 Å². The SMILES string of the molecule is CN(Cc1ccnn1C)C(=O)C1CCN(S(=O)(=O)c2ccc(Cl)cc2)CC1. The van der Waals surface area contributed by atoms with Gasteiger partial charge in [-0.25, -0.2) is 8.42 Å². The minimum absolute atomic E-state index is 0.0414. The number of halogens is 1. The molecule has 27 heavy (non-hydrogen) atoms. The molecule has 1 amide bonds. The first-order valence-corrected chi connectivity index (χ1v) is 10.6. The smallest absolute Gasteiger partial charge is 0.243 e. The van der Waals surface area contributed by atoms with E-state index in [1.54, 1.807) is 35.0 Å². The maximum atomic E-state index is 12.7. The Bertz CT molecular complexity index is 903. The van der Waals surface area contributed by atoms with Crippen molar-refractivity contribution in [1.29, 1.82) is 0 Å². The molecule has 0 aliphatic carbocycles. The first kappa shape index (κ1) is 19.9. The van der Waals surface area contributed by atoms with Crippen LogP contribution in [0.3, 0.4) is 0 Å². The molecule has 9 heteroatoms. The fraction of sp³-hybridized carbons (Fsp3) is 0.444. The van der Waals surface area contributed by atoms with E-state index < -0.39 is 10.0 Å². The molecule has 1 fully saturated rings. The van der Waals surface area contributed by atoms with Gasteiger partial charge in [-0.3, -0.25) is 9.48 Å². The summed E-state index contributed by atoms with van der Waals surface area (Å²) < 4.78 is 28.7. The lowest BCUT2D eigenvalue weighted by molar-refractivity contribution is -0.136. The van der Waals surface area contributed by atoms with Crippen LogP contribution in [0.4, 0.5) is 0 Å². The van der Waals surface area contributed by atoms with Gasteiger partial charge in [-0.2, -0.15) is 9.40 Å². The van der Waals surface area contributed by atoms with E-state index in [-0.39, 0.29) is 16.7 Å². The van der Waals surface area contributed by atoms with Crippen LogP contribution >= 0.6 is 11.6 Å². The average molecular weight is 411 g/mol. The van der Waals surface area contributed by atoms with E-state index >= 15 is 0 Å². The van der Waals surface area contributed by atoms with E-state index in [1.165, 1.54) is 16.4 Å². The van der Waals surface area contributed by atoms with Gasteiger partial charge in [0.2, 0.25) is 15.9 Å². The lowest BCUT2D eigenvalue weighted by atomic mass is 9.96. The van der Waals surface area contributed by atoms with Gasteiger partial charge >= 0.3 is 0 Å². The Labute approximate surface area is 164 Å². The van der Waals surface area contributed by atoms with E-state index in [9.17, 15) is 13.2 Å². The lowest BCUT2D eigenvalue weighted by Gasteiger charge is -2.32. The van der Waals surface area contributed by atoms with E-state index in [0.717, 1.165) is 5.69 Å². The number of rotatable bonds is 5. The van der Waals surface area contributed by atoms with Crippen LogP contribution in [0.5, 0.6) is 0 Å². The quantitative estimate of drug-likeness (QED) is 0.756. The summed E-state index contributed by atoms with van der Waals surface area (Å²) in [6.07, 6.45) is 2.73. The van der Waals surface area contributed by atoms with E-state index in [4.69, 9.17) is 11.6 Å². The Morgan fingerprint density at radius 3 is 2.41 bits per heavy atom. The standard InChI is InChI=1S/C18H23ClN4O3S/c1-21(13-16-7-10-20-22(16)2)18(24)14-8-11-23(12-9-14)27(25,26)17-5-3-15(19)4-6-17/h3-7,10,14H,8-9,11-13H2,1-2H3. The molecular weight excluding hydrogens is 388 g/mol. The summed E-state index contributed by atoms with van der Waals surface area (Å²) in [4.78, 5) is 14.6. The Balaban J connectivity index is 1.60. The van der Waals surface area contributed by atoms with Crippen LogP contribution < -0.4 is 0 Å². The number of aryl methyl sites for hydroxylation is 1. The highest BCUT2D eigenvalue weighted by Gasteiger charge is 2.33. The zero-order valence-corrected chi connectivity index (χ0v) is 16.9. The van der Waals surface area contributed by atoms with Crippen molar-refractivity contribution in [2.45, 2.75) is 24.3 Å². The van der Waals surface area contributed by atoms with Crippen LogP contribution in [-0.2, 0) is 28.4 Å². The highest BCUT2D eigenvalue weighted by atomic mass is 35.5. The van der Waals surface area contributed by atoms with Gasteiger partial charge in [0.1, 0.15) is 0 Å². The fourth-order valence-corrected chi connectivity index (χ4v) is 4.88. The molecule has 0 spiro atoms. The topological polar surface area (TPSA) is 75.5 Å². The van der Waals surface area contributed by atoms with Crippen LogP contribution in [-0.4, -0.2) is 53.4 Å². The highest BCUT2D eigenvalue weighted by molar-refractivity contribution is 7.89. The van der Waals surface area contributed by atoms with Crippen LogP contribution in [0.2, 0.25) is 5.02 Å². The number of carbonyl (C=O) groups excluding carboxylic acids is 1. The predicted octanol–water partition coefficient (Wildman–Crippen LogP) is 2.13. The normalized spacial score (nSPS) is 16.4. The van der Waals surface area contributed by atoms with E-state index in [2.05, 4.69) is 5.10 Å². The number of aromatic nitrogens is 2. The van der Waals surface area contributed by atoms with Crippen LogP contribution in [0.15, 0.2) is 41.4 Å².